The fourth-order valence-corrected chi connectivity index (χ4v) is 4.19. The molecule has 1 saturated heterocycles. The minimum absolute atomic E-state index is 0.0646. The highest BCUT2D eigenvalue weighted by molar-refractivity contribution is 5.10. The molecule has 1 N–H and O–H groups in total. The number of aliphatic hydroxyl groups excluding tert-OH is 1. The van der Waals surface area contributed by atoms with E-state index in [1.807, 2.05) is 12.4 Å². The molecule has 1 aliphatic heterocycles. The van der Waals surface area contributed by atoms with Crippen LogP contribution in [-0.4, -0.2) is 40.2 Å². The second-order valence-corrected chi connectivity index (χ2v) is 6.72. The number of pyridine rings is 1. The summed E-state index contributed by atoms with van der Waals surface area (Å²) in [6.07, 6.45) is 13.5. The SMILES string of the molecule is OC1CCCCC1C1CCCCN1CCc1ccncc1. The molecule has 3 nitrogen and oxygen atoms in total. The number of aliphatic hydroxyl groups is 1. The Morgan fingerprint density at radius 2 is 1.81 bits per heavy atom. The minimum atomic E-state index is -0.0646. The average Bonchev–Trinajstić information content (AvgIpc) is 2.55. The maximum Gasteiger partial charge on any atom is 0.0583 e. The van der Waals surface area contributed by atoms with Crippen LogP contribution >= 0.6 is 0 Å². The van der Waals surface area contributed by atoms with Gasteiger partial charge in [-0.05, 0) is 56.3 Å². The summed E-state index contributed by atoms with van der Waals surface area (Å²) in [6.45, 7) is 2.33. The van der Waals surface area contributed by atoms with Crippen molar-refractivity contribution in [1.29, 1.82) is 0 Å². The highest BCUT2D eigenvalue weighted by Gasteiger charge is 2.35. The monoisotopic (exact) mass is 288 g/mol. The molecule has 0 radical (unpaired) electrons. The van der Waals surface area contributed by atoms with Crippen LogP contribution in [0.1, 0.15) is 50.5 Å². The van der Waals surface area contributed by atoms with Gasteiger partial charge in [-0.1, -0.05) is 19.3 Å². The first kappa shape index (κ1) is 15.0. The molecule has 116 valence electrons. The molecule has 3 heteroatoms. The van der Waals surface area contributed by atoms with E-state index in [0.29, 0.717) is 12.0 Å². The lowest BCUT2D eigenvalue weighted by Gasteiger charge is -2.43. The Morgan fingerprint density at radius 3 is 2.62 bits per heavy atom. The van der Waals surface area contributed by atoms with Crippen LogP contribution in [0.15, 0.2) is 24.5 Å². The lowest BCUT2D eigenvalue weighted by Crippen LogP contribution is -2.49. The van der Waals surface area contributed by atoms with E-state index in [1.165, 1.54) is 50.6 Å². The van der Waals surface area contributed by atoms with Crippen molar-refractivity contribution in [1.82, 2.24) is 9.88 Å². The third kappa shape index (κ3) is 3.83. The molecule has 0 aromatic carbocycles. The van der Waals surface area contributed by atoms with Gasteiger partial charge >= 0.3 is 0 Å². The zero-order chi connectivity index (χ0) is 14.5. The number of hydrogen-bond donors (Lipinski definition) is 1. The highest BCUT2D eigenvalue weighted by Crippen LogP contribution is 2.34. The molecule has 2 aliphatic rings. The van der Waals surface area contributed by atoms with Crippen molar-refractivity contribution < 1.29 is 5.11 Å². The Balaban J connectivity index is 1.61. The molecule has 2 heterocycles. The Labute approximate surface area is 128 Å². The van der Waals surface area contributed by atoms with Crippen LogP contribution in [0, 0.1) is 5.92 Å². The first-order chi connectivity index (χ1) is 10.3. The van der Waals surface area contributed by atoms with Crippen molar-refractivity contribution in [3.8, 4) is 0 Å². The van der Waals surface area contributed by atoms with Gasteiger partial charge in [-0.25, -0.2) is 0 Å². The van der Waals surface area contributed by atoms with Gasteiger partial charge in [0, 0.05) is 30.9 Å². The van der Waals surface area contributed by atoms with Gasteiger partial charge in [0.15, 0.2) is 0 Å². The van der Waals surface area contributed by atoms with Gasteiger partial charge in [0.05, 0.1) is 6.10 Å². The fraction of sp³-hybridized carbons (Fsp3) is 0.722. The van der Waals surface area contributed by atoms with E-state index in [2.05, 4.69) is 22.0 Å². The van der Waals surface area contributed by atoms with Crippen LogP contribution < -0.4 is 0 Å². The molecule has 2 fully saturated rings. The second-order valence-electron chi connectivity index (χ2n) is 6.72. The van der Waals surface area contributed by atoms with Crippen LogP contribution in [0.2, 0.25) is 0 Å². The molecule has 3 unspecified atom stereocenters. The predicted molar refractivity (Wildman–Crippen MR) is 85.1 cm³/mol. The van der Waals surface area contributed by atoms with Gasteiger partial charge in [-0.15, -0.1) is 0 Å². The molecule has 0 amide bonds. The van der Waals surface area contributed by atoms with Crippen LogP contribution in [0.3, 0.4) is 0 Å². The van der Waals surface area contributed by atoms with Crippen molar-refractivity contribution in [3.05, 3.63) is 30.1 Å². The van der Waals surface area contributed by atoms with Crippen molar-refractivity contribution in [2.45, 2.75) is 63.5 Å². The van der Waals surface area contributed by atoms with Crippen LogP contribution in [0.4, 0.5) is 0 Å². The lowest BCUT2D eigenvalue weighted by molar-refractivity contribution is -0.00508. The van der Waals surface area contributed by atoms with E-state index >= 15 is 0 Å². The van der Waals surface area contributed by atoms with Gasteiger partial charge in [-0.2, -0.15) is 0 Å². The van der Waals surface area contributed by atoms with E-state index < -0.39 is 0 Å². The minimum Gasteiger partial charge on any atom is -0.393 e. The molecule has 1 aliphatic carbocycles. The van der Waals surface area contributed by atoms with Crippen molar-refractivity contribution in [3.63, 3.8) is 0 Å². The van der Waals surface area contributed by atoms with Crippen LogP contribution in [-0.2, 0) is 6.42 Å². The highest BCUT2D eigenvalue weighted by atomic mass is 16.3. The number of hydrogen-bond acceptors (Lipinski definition) is 3. The second kappa shape index (κ2) is 7.37. The van der Waals surface area contributed by atoms with Crippen LogP contribution in [0.25, 0.3) is 0 Å². The quantitative estimate of drug-likeness (QED) is 0.925. The van der Waals surface area contributed by atoms with E-state index in [0.717, 1.165) is 19.4 Å². The summed E-state index contributed by atoms with van der Waals surface area (Å²) in [5.41, 5.74) is 1.37. The molecular weight excluding hydrogens is 260 g/mol. The number of nitrogens with zero attached hydrogens (tertiary/aromatic N) is 2. The van der Waals surface area contributed by atoms with E-state index in [1.54, 1.807) is 0 Å². The summed E-state index contributed by atoms with van der Waals surface area (Å²) in [7, 11) is 0. The molecular formula is C18H28N2O. The fourth-order valence-electron chi connectivity index (χ4n) is 4.19. The van der Waals surface area contributed by atoms with Crippen molar-refractivity contribution in [2.75, 3.05) is 13.1 Å². The number of aromatic nitrogens is 1. The van der Waals surface area contributed by atoms with Crippen molar-refractivity contribution in [2.24, 2.45) is 5.92 Å². The summed E-state index contributed by atoms with van der Waals surface area (Å²) in [5, 5.41) is 10.4. The first-order valence-electron chi connectivity index (χ1n) is 8.65. The molecule has 1 aromatic rings. The Morgan fingerprint density at radius 1 is 1.05 bits per heavy atom. The zero-order valence-electron chi connectivity index (χ0n) is 13.0. The zero-order valence-corrected chi connectivity index (χ0v) is 13.0. The lowest BCUT2D eigenvalue weighted by atomic mass is 9.78. The molecule has 1 saturated carbocycles. The number of piperidine rings is 1. The summed E-state index contributed by atoms with van der Waals surface area (Å²) < 4.78 is 0. The van der Waals surface area contributed by atoms with E-state index in [-0.39, 0.29) is 6.10 Å². The number of rotatable bonds is 4. The van der Waals surface area contributed by atoms with Gasteiger partial charge in [0.2, 0.25) is 0 Å². The molecule has 1 aromatic heterocycles. The van der Waals surface area contributed by atoms with Gasteiger partial charge in [0.1, 0.15) is 0 Å². The summed E-state index contributed by atoms with van der Waals surface area (Å²) in [4.78, 5) is 6.75. The first-order valence-corrected chi connectivity index (χ1v) is 8.65. The van der Waals surface area contributed by atoms with E-state index in [4.69, 9.17) is 0 Å². The van der Waals surface area contributed by atoms with E-state index in [9.17, 15) is 5.11 Å². The van der Waals surface area contributed by atoms with Crippen LogP contribution in [0.5, 0.6) is 0 Å². The smallest absolute Gasteiger partial charge is 0.0583 e. The molecule has 3 atom stereocenters. The molecule has 21 heavy (non-hydrogen) atoms. The Bertz CT molecular complexity index is 422. The maximum absolute atomic E-state index is 10.4. The molecule has 3 rings (SSSR count). The van der Waals surface area contributed by atoms with Gasteiger partial charge < -0.3 is 5.11 Å². The normalized spacial score (nSPS) is 31.2. The van der Waals surface area contributed by atoms with Crippen molar-refractivity contribution >= 4 is 0 Å². The summed E-state index contributed by atoms with van der Waals surface area (Å²) in [5.74, 6) is 0.511. The third-order valence-corrected chi connectivity index (χ3v) is 5.38. The number of likely N-dealkylation sites (tertiary alicyclic amines) is 1. The third-order valence-electron chi connectivity index (χ3n) is 5.38. The average molecular weight is 288 g/mol. The largest absolute Gasteiger partial charge is 0.393 e. The topological polar surface area (TPSA) is 36.4 Å². The maximum atomic E-state index is 10.4. The molecule has 0 spiro atoms. The van der Waals surface area contributed by atoms with Gasteiger partial charge in [0.25, 0.3) is 0 Å². The Hall–Kier alpha value is -0.930. The Kier molecular flexibility index (Phi) is 5.26. The predicted octanol–water partition coefficient (Wildman–Crippen LogP) is 3.03. The molecule has 0 bridgehead atoms. The standard InChI is InChI=1S/C18H28N2O/c21-18-7-2-1-5-16(18)17-6-3-4-13-20(17)14-10-15-8-11-19-12-9-15/h8-9,11-12,16-18,21H,1-7,10,13-14H2. The summed E-state index contributed by atoms with van der Waals surface area (Å²) in [6, 6.07) is 4.85. The van der Waals surface area contributed by atoms with Gasteiger partial charge in [-0.3, -0.25) is 9.88 Å². The summed E-state index contributed by atoms with van der Waals surface area (Å²) >= 11 is 0.